The Morgan fingerprint density at radius 3 is 2.25 bits per heavy atom. The largest absolute Gasteiger partial charge is 0.416 e. The molecule has 0 amide bonds. The summed E-state index contributed by atoms with van der Waals surface area (Å²) >= 11 is 3.21. The zero-order chi connectivity index (χ0) is 15.6. The van der Waals surface area contributed by atoms with Gasteiger partial charge in [0.05, 0.1) is 11.3 Å². The summed E-state index contributed by atoms with van der Waals surface area (Å²) in [7, 11) is 1.86. The second-order valence-electron chi connectivity index (χ2n) is 5.76. The Kier molecular flexibility index (Phi) is 5.49. The van der Waals surface area contributed by atoms with Gasteiger partial charge in [0, 0.05) is 30.1 Å². The van der Waals surface area contributed by atoms with Crippen LogP contribution in [0.4, 0.5) is 18.9 Å². The minimum Gasteiger partial charge on any atom is -0.372 e. The van der Waals surface area contributed by atoms with Crippen LogP contribution in [0.1, 0.15) is 26.3 Å². The van der Waals surface area contributed by atoms with Gasteiger partial charge in [-0.1, -0.05) is 0 Å². The van der Waals surface area contributed by atoms with E-state index in [0.29, 0.717) is 11.0 Å². The molecule has 0 fully saturated rings. The number of benzene rings is 1. The molecule has 0 spiro atoms. The van der Waals surface area contributed by atoms with Crippen LogP contribution in [0.2, 0.25) is 0 Å². The van der Waals surface area contributed by atoms with E-state index in [0.717, 1.165) is 24.4 Å². The molecular weight excluding hydrogens is 333 g/mol. The summed E-state index contributed by atoms with van der Waals surface area (Å²) in [6.07, 6.45) is -4.31. The molecule has 0 atom stereocenters. The fraction of sp³-hybridized carbons (Fsp3) is 0.571. The van der Waals surface area contributed by atoms with Crippen LogP contribution >= 0.6 is 15.9 Å². The first-order valence-electron chi connectivity index (χ1n) is 6.33. The monoisotopic (exact) mass is 352 g/mol. The second-order valence-corrected chi connectivity index (χ2v) is 6.62. The normalized spacial score (nSPS) is 12.6. The number of halogens is 4. The molecule has 0 aliphatic heterocycles. The Bertz CT molecular complexity index is 453. The van der Waals surface area contributed by atoms with Crippen molar-refractivity contribution in [3.63, 3.8) is 0 Å². The third-order valence-corrected chi connectivity index (χ3v) is 3.42. The van der Waals surface area contributed by atoms with Crippen molar-refractivity contribution < 1.29 is 13.2 Å². The zero-order valence-corrected chi connectivity index (χ0v) is 13.7. The standard InChI is InChI=1S/C14H20BrF3N2/c1-13(2,3)19-7-8-20(4)12-6-5-10(9-11(12)15)14(16,17)18/h5-6,9,19H,7-8H2,1-4H3. The molecule has 114 valence electrons. The van der Waals surface area contributed by atoms with Gasteiger partial charge in [-0.25, -0.2) is 0 Å². The number of nitrogens with one attached hydrogen (secondary N) is 1. The average molecular weight is 353 g/mol. The third kappa shape index (κ3) is 5.32. The lowest BCUT2D eigenvalue weighted by molar-refractivity contribution is -0.137. The number of hydrogen-bond acceptors (Lipinski definition) is 2. The number of hydrogen-bond donors (Lipinski definition) is 1. The summed E-state index contributed by atoms with van der Waals surface area (Å²) in [5, 5.41) is 3.34. The van der Waals surface area contributed by atoms with Crippen molar-refractivity contribution in [2.75, 3.05) is 25.0 Å². The number of alkyl halides is 3. The molecule has 0 unspecified atom stereocenters. The predicted octanol–water partition coefficient (Wildman–Crippen LogP) is 4.29. The maximum Gasteiger partial charge on any atom is 0.416 e. The molecular formula is C14H20BrF3N2. The summed E-state index contributed by atoms with van der Waals surface area (Å²) in [6.45, 7) is 7.68. The smallest absolute Gasteiger partial charge is 0.372 e. The minimum absolute atomic E-state index is 0.0260. The highest BCUT2D eigenvalue weighted by molar-refractivity contribution is 9.10. The van der Waals surface area contributed by atoms with E-state index in [9.17, 15) is 13.2 Å². The number of nitrogens with zero attached hydrogens (tertiary/aromatic N) is 1. The first-order chi connectivity index (χ1) is 9.00. The number of rotatable bonds is 4. The van der Waals surface area contributed by atoms with E-state index in [1.807, 2.05) is 11.9 Å². The van der Waals surface area contributed by atoms with Crippen LogP contribution in [0.5, 0.6) is 0 Å². The molecule has 1 aromatic rings. The molecule has 0 radical (unpaired) electrons. The molecule has 0 aromatic heterocycles. The highest BCUT2D eigenvalue weighted by Crippen LogP contribution is 2.34. The van der Waals surface area contributed by atoms with Gasteiger partial charge in [-0.05, 0) is 54.9 Å². The molecule has 20 heavy (non-hydrogen) atoms. The number of anilines is 1. The van der Waals surface area contributed by atoms with Crippen LogP contribution in [0.15, 0.2) is 22.7 Å². The van der Waals surface area contributed by atoms with Gasteiger partial charge in [0.25, 0.3) is 0 Å². The van der Waals surface area contributed by atoms with Gasteiger partial charge in [-0.2, -0.15) is 13.2 Å². The summed E-state index contributed by atoms with van der Waals surface area (Å²) in [4.78, 5) is 1.92. The Morgan fingerprint density at radius 1 is 1.20 bits per heavy atom. The fourth-order valence-electron chi connectivity index (χ4n) is 1.71. The van der Waals surface area contributed by atoms with Gasteiger partial charge in [0.1, 0.15) is 0 Å². The molecule has 1 N–H and O–H groups in total. The lowest BCUT2D eigenvalue weighted by Gasteiger charge is -2.25. The second kappa shape index (κ2) is 6.35. The molecule has 0 aliphatic carbocycles. The van der Waals surface area contributed by atoms with Crippen molar-refractivity contribution in [2.45, 2.75) is 32.5 Å². The molecule has 0 bridgehead atoms. The third-order valence-electron chi connectivity index (χ3n) is 2.79. The molecule has 0 aliphatic rings. The number of likely N-dealkylation sites (N-methyl/N-ethyl adjacent to an activating group) is 1. The van der Waals surface area contributed by atoms with Crippen LogP contribution in [0.3, 0.4) is 0 Å². The SMILES string of the molecule is CN(CCNC(C)(C)C)c1ccc(C(F)(F)F)cc1Br. The summed E-state index contributed by atoms with van der Waals surface area (Å²) < 4.78 is 38.2. The van der Waals surface area contributed by atoms with Crippen molar-refractivity contribution in [3.05, 3.63) is 28.2 Å². The lowest BCUT2D eigenvalue weighted by atomic mass is 10.1. The highest BCUT2D eigenvalue weighted by atomic mass is 79.9. The Hall–Kier alpha value is -0.750. The van der Waals surface area contributed by atoms with E-state index in [2.05, 4.69) is 42.0 Å². The van der Waals surface area contributed by atoms with Crippen LogP contribution < -0.4 is 10.2 Å². The Labute approximate surface area is 126 Å². The molecule has 0 heterocycles. The van der Waals surface area contributed by atoms with Crippen molar-refractivity contribution in [2.24, 2.45) is 0 Å². The van der Waals surface area contributed by atoms with Crippen molar-refractivity contribution in [3.8, 4) is 0 Å². The maximum atomic E-state index is 12.6. The van der Waals surface area contributed by atoms with Crippen LogP contribution in [0, 0.1) is 0 Å². The van der Waals surface area contributed by atoms with Crippen molar-refractivity contribution in [1.29, 1.82) is 0 Å². The summed E-state index contributed by atoms with van der Waals surface area (Å²) in [5.74, 6) is 0. The predicted molar refractivity (Wildman–Crippen MR) is 80.2 cm³/mol. The van der Waals surface area contributed by atoms with Crippen LogP contribution in [-0.2, 0) is 6.18 Å². The van der Waals surface area contributed by atoms with E-state index in [-0.39, 0.29) is 5.54 Å². The zero-order valence-electron chi connectivity index (χ0n) is 12.1. The molecule has 0 saturated carbocycles. The molecule has 6 heteroatoms. The van der Waals surface area contributed by atoms with Crippen LogP contribution in [-0.4, -0.2) is 25.7 Å². The Balaban J connectivity index is 2.72. The highest BCUT2D eigenvalue weighted by Gasteiger charge is 2.31. The van der Waals surface area contributed by atoms with Gasteiger partial charge in [-0.3, -0.25) is 0 Å². The van der Waals surface area contributed by atoms with Gasteiger partial charge < -0.3 is 10.2 Å². The first kappa shape index (κ1) is 17.3. The van der Waals surface area contributed by atoms with Crippen LogP contribution in [0.25, 0.3) is 0 Å². The van der Waals surface area contributed by atoms with Crippen molar-refractivity contribution in [1.82, 2.24) is 5.32 Å². The van der Waals surface area contributed by atoms with E-state index in [4.69, 9.17) is 0 Å². The average Bonchev–Trinajstić information content (AvgIpc) is 2.25. The molecule has 1 rings (SSSR count). The molecule has 1 aromatic carbocycles. The van der Waals surface area contributed by atoms with E-state index in [1.165, 1.54) is 6.07 Å². The van der Waals surface area contributed by atoms with Crippen molar-refractivity contribution >= 4 is 21.6 Å². The Morgan fingerprint density at radius 2 is 1.80 bits per heavy atom. The van der Waals surface area contributed by atoms with E-state index >= 15 is 0 Å². The first-order valence-corrected chi connectivity index (χ1v) is 7.13. The van der Waals surface area contributed by atoms with Gasteiger partial charge in [-0.15, -0.1) is 0 Å². The minimum atomic E-state index is -4.31. The van der Waals surface area contributed by atoms with Gasteiger partial charge in [0.2, 0.25) is 0 Å². The fourth-order valence-corrected chi connectivity index (χ4v) is 2.39. The van der Waals surface area contributed by atoms with E-state index < -0.39 is 11.7 Å². The lowest BCUT2D eigenvalue weighted by Crippen LogP contribution is -2.40. The maximum absolute atomic E-state index is 12.6. The quantitative estimate of drug-likeness (QED) is 0.869. The molecule has 0 saturated heterocycles. The topological polar surface area (TPSA) is 15.3 Å². The van der Waals surface area contributed by atoms with E-state index in [1.54, 1.807) is 0 Å². The summed E-state index contributed by atoms with van der Waals surface area (Å²) in [6, 6.07) is 3.71. The van der Waals surface area contributed by atoms with Gasteiger partial charge in [0.15, 0.2) is 0 Å². The summed E-state index contributed by atoms with van der Waals surface area (Å²) in [5.41, 5.74) is 0.126. The molecule has 2 nitrogen and oxygen atoms in total. The van der Waals surface area contributed by atoms with Gasteiger partial charge >= 0.3 is 6.18 Å².